The molecule has 7 nitrogen and oxygen atoms in total. The summed E-state index contributed by atoms with van der Waals surface area (Å²) < 4.78 is 0. The number of carbonyl (C=O) groups is 3. The number of anilines is 2. The van der Waals surface area contributed by atoms with E-state index in [1.165, 1.54) is 24.0 Å². The minimum Gasteiger partial charge on any atom is -0.399 e. The summed E-state index contributed by atoms with van der Waals surface area (Å²) in [6, 6.07) is 6.15. The van der Waals surface area contributed by atoms with E-state index in [4.69, 9.17) is 10.8 Å². The van der Waals surface area contributed by atoms with Gasteiger partial charge in [0.1, 0.15) is 0 Å². The Morgan fingerprint density at radius 3 is 2.38 bits per heavy atom. The molecule has 0 bridgehead atoms. The van der Waals surface area contributed by atoms with Gasteiger partial charge in [-0.05, 0) is 25.1 Å². The van der Waals surface area contributed by atoms with Gasteiger partial charge >= 0.3 is 11.8 Å². The molecular weight excluding hydrogens is 274 g/mol. The lowest BCUT2D eigenvalue weighted by atomic mass is 10.2. The number of aliphatic hydroxyl groups excluding tert-OH is 1. The van der Waals surface area contributed by atoms with Crippen molar-refractivity contribution in [2.24, 2.45) is 0 Å². The number of nitrogens with zero attached hydrogens (tertiary/aromatic N) is 2. The molecule has 0 fully saturated rings. The van der Waals surface area contributed by atoms with Gasteiger partial charge in [0.25, 0.3) is 0 Å². The van der Waals surface area contributed by atoms with Crippen molar-refractivity contribution in [1.82, 2.24) is 4.90 Å². The molecule has 0 unspecified atom stereocenters. The average Bonchev–Trinajstić information content (AvgIpc) is 2.43. The number of benzene rings is 1. The Bertz CT molecular complexity index is 545. The van der Waals surface area contributed by atoms with Gasteiger partial charge in [-0.2, -0.15) is 0 Å². The lowest BCUT2D eigenvalue weighted by molar-refractivity contribution is -0.145. The molecule has 0 saturated carbocycles. The standard InChI is InChI=1S/C14H19N3O4/c1-3-16(7-8-18)13(20)14(21)17(10(2)19)12-6-4-5-11(15)9-12/h4-6,9,18H,3,7-8,15H2,1-2H3. The number of imide groups is 1. The van der Waals surface area contributed by atoms with E-state index in [0.717, 1.165) is 4.90 Å². The smallest absolute Gasteiger partial charge is 0.323 e. The predicted molar refractivity (Wildman–Crippen MR) is 78.4 cm³/mol. The zero-order valence-electron chi connectivity index (χ0n) is 12.1. The van der Waals surface area contributed by atoms with E-state index in [1.807, 2.05) is 0 Å². The molecule has 7 heteroatoms. The Hall–Kier alpha value is -2.41. The second kappa shape index (κ2) is 7.39. The first-order valence-corrected chi connectivity index (χ1v) is 6.52. The first kappa shape index (κ1) is 16.6. The van der Waals surface area contributed by atoms with Crippen LogP contribution in [0.25, 0.3) is 0 Å². The zero-order valence-corrected chi connectivity index (χ0v) is 12.1. The summed E-state index contributed by atoms with van der Waals surface area (Å²) in [5, 5.41) is 8.90. The molecule has 0 saturated heterocycles. The lowest BCUT2D eigenvalue weighted by Gasteiger charge is -2.24. The second-order valence-corrected chi connectivity index (χ2v) is 4.36. The maximum atomic E-state index is 12.3. The molecular formula is C14H19N3O4. The zero-order chi connectivity index (χ0) is 16.0. The largest absolute Gasteiger partial charge is 0.399 e. The number of hydrogen-bond donors (Lipinski definition) is 2. The summed E-state index contributed by atoms with van der Waals surface area (Å²) in [5.74, 6) is -2.40. The highest BCUT2D eigenvalue weighted by Gasteiger charge is 2.29. The molecule has 3 N–H and O–H groups in total. The molecule has 1 aromatic carbocycles. The second-order valence-electron chi connectivity index (χ2n) is 4.36. The van der Waals surface area contributed by atoms with E-state index in [-0.39, 0.29) is 25.4 Å². The molecule has 0 aliphatic rings. The first-order chi connectivity index (χ1) is 9.92. The van der Waals surface area contributed by atoms with Gasteiger partial charge in [-0.15, -0.1) is 0 Å². The van der Waals surface area contributed by atoms with E-state index in [9.17, 15) is 14.4 Å². The fourth-order valence-corrected chi connectivity index (χ4v) is 1.86. The van der Waals surface area contributed by atoms with Crippen LogP contribution >= 0.6 is 0 Å². The Morgan fingerprint density at radius 1 is 1.24 bits per heavy atom. The van der Waals surface area contributed by atoms with E-state index in [2.05, 4.69) is 0 Å². The van der Waals surface area contributed by atoms with Crippen molar-refractivity contribution in [3.63, 3.8) is 0 Å². The van der Waals surface area contributed by atoms with Crippen LogP contribution in [-0.2, 0) is 14.4 Å². The molecule has 3 amide bonds. The normalized spacial score (nSPS) is 10.0. The summed E-state index contributed by atoms with van der Waals surface area (Å²) in [7, 11) is 0. The van der Waals surface area contributed by atoms with Gasteiger partial charge in [-0.3, -0.25) is 14.4 Å². The first-order valence-electron chi connectivity index (χ1n) is 6.52. The topological polar surface area (TPSA) is 104 Å². The SMILES string of the molecule is CCN(CCO)C(=O)C(=O)N(C(C)=O)c1cccc(N)c1. The van der Waals surface area contributed by atoms with Crippen LogP contribution in [0.4, 0.5) is 11.4 Å². The van der Waals surface area contributed by atoms with Crippen molar-refractivity contribution in [3.05, 3.63) is 24.3 Å². The van der Waals surface area contributed by atoms with Crippen LogP contribution in [0.5, 0.6) is 0 Å². The molecule has 0 atom stereocenters. The van der Waals surface area contributed by atoms with E-state index >= 15 is 0 Å². The molecule has 0 heterocycles. The number of hydrogen-bond acceptors (Lipinski definition) is 5. The monoisotopic (exact) mass is 293 g/mol. The third-order valence-corrected chi connectivity index (χ3v) is 2.87. The Morgan fingerprint density at radius 2 is 1.90 bits per heavy atom. The van der Waals surface area contributed by atoms with E-state index < -0.39 is 17.7 Å². The highest BCUT2D eigenvalue weighted by molar-refractivity contribution is 6.45. The van der Waals surface area contributed by atoms with Gasteiger partial charge in [0.05, 0.1) is 12.3 Å². The molecule has 21 heavy (non-hydrogen) atoms. The third-order valence-electron chi connectivity index (χ3n) is 2.87. The summed E-state index contributed by atoms with van der Waals surface area (Å²) in [4.78, 5) is 38.0. The van der Waals surface area contributed by atoms with Crippen LogP contribution in [-0.4, -0.2) is 47.4 Å². The molecule has 114 valence electrons. The number of amides is 3. The molecule has 0 aliphatic heterocycles. The number of aliphatic hydroxyl groups is 1. The molecule has 0 spiro atoms. The number of nitrogen functional groups attached to an aromatic ring is 1. The van der Waals surface area contributed by atoms with Gasteiger partial charge in [0.2, 0.25) is 5.91 Å². The lowest BCUT2D eigenvalue weighted by Crippen LogP contribution is -2.48. The van der Waals surface area contributed by atoms with Crippen molar-refractivity contribution in [3.8, 4) is 0 Å². The minimum atomic E-state index is -0.969. The van der Waals surface area contributed by atoms with Crippen LogP contribution in [0, 0.1) is 0 Å². The molecule has 1 rings (SSSR count). The number of likely N-dealkylation sites (N-methyl/N-ethyl adjacent to an activating group) is 1. The van der Waals surface area contributed by atoms with Gasteiger partial charge in [0.15, 0.2) is 0 Å². The minimum absolute atomic E-state index is 0.0315. The number of carbonyl (C=O) groups excluding carboxylic acids is 3. The van der Waals surface area contributed by atoms with Crippen molar-refractivity contribution in [1.29, 1.82) is 0 Å². The molecule has 0 aromatic heterocycles. The van der Waals surface area contributed by atoms with Crippen LogP contribution < -0.4 is 10.6 Å². The van der Waals surface area contributed by atoms with Crippen LogP contribution in [0.1, 0.15) is 13.8 Å². The summed E-state index contributed by atoms with van der Waals surface area (Å²) in [6.07, 6.45) is 0. The predicted octanol–water partition coefficient (Wildman–Crippen LogP) is -0.0109. The van der Waals surface area contributed by atoms with Crippen molar-refractivity contribution >= 4 is 29.1 Å². The number of nitrogens with two attached hydrogens (primary N) is 1. The molecule has 0 aliphatic carbocycles. The van der Waals surface area contributed by atoms with E-state index in [1.54, 1.807) is 19.1 Å². The maximum absolute atomic E-state index is 12.3. The fraction of sp³-hybridized carbons (Fsp3) is 0.357. The van der Waals surface area contributed by atoms with Crippen molar-refractivity contribution < 1.29 is 19.5 Å². The fourth-order valence-electron chi connectivity index (χ4n) is 1.86. The molecule has 1 aromatic rings. The third kappa shape index (κ3) is 4.03. The highest BCUT2D eigenvalue weighted by atomic mass is 16.3. The Kier molecular flexibility index (Phi) is 5.86. The van der Waals surface area contributed by atoms with Gasteiger partial charge in [-0.25, -0.2) is 4.90 Å². The molecule has 0 radical (unpaired) electrons. The van der Waals surface area contributed by atoms with E-state index in [0.29, 0.717) is 5.69 Å². The summed E-state index contributed by atoms with van der Waals surface area (Å²) in [5.41, 5.74) is 6.24. The van der Waals surface area contributed by atoms with Crippen LogP contribution in [0.15, 0.2) is 24.3 Å². The number of rotatable bonds is 4. The van der Waals surface area contributed by atoms with Gasteiger partial charge < -0.3 is 15.7 Å². The maximum Gasteiger partial charge on any atom is 0.323 e. The summed E-state index contributed by atoms with van der Waals surface area (Å²) in [6.45, 7) is 2.90. The van der Waals surface area contributed by atoms with Crippen molar-refractivity contribution in [2.45, 2.75) is 13.8 Å². The Balaban J connectivity index is 3.09. The quantitative estimate of drug-likeness (QED) is 0.600. The summed E-state index contributed by atoms with van der Waals surface area (Å²) >= 11 is 0. The van der Waals surface area contributed by atoms with Gasteiger partial charge in [0, 0.05) is 25.7 Å². The van der Waals surface area contributed by atoms with Crippen molar-refractivity contribution in [2.75, 3.05) is 30.3 Å². The van der Waals surface area contributed by atoms with Gasteiger partial charge in [-0.1, -0.05) is 6.07 Å². The Labute approximate surface area is 122 Å². The van der Waals surface area contributed by atoms with Crippen LogP contribution in [0.3, 0.4) is 0 Å². The highest BCUT2D eigenvalue weighted by Crippen LogP contribution is 2.18. The average molecular weight is 293 g/mol. The van der Waals surface area contributed by atoms with Crippen LogP contribution in [0.2, 0.25) is 0 Å².